The van der Waals surface area contributed by atoms with Crippen molar-refractivity contribution in [1.82, 2.24) is 0 Å². The predicted molar refractivity (Wildman–Crippen MR) is 124 cm³/mol. The molecule has 0 spiro atoms. The molecular formula is C22H48O4Si2. The molecule has 1 fully saturated rings. The molecule has 0 amide bonds. The SMILES string of the molecule is CC(C)[Si](OC[C@H](O)[C@H](CO[Si](C)(C)C(C)(C)C)[C@@H]1O[C@@H]1C)(C(C)C)C(C)C. The summed E-state index contributed by atoms with van der Waals surface area (Å²) in [6.45, 7) is 28.0. The van der Waals surface area contributed by atoms with Crippen molar-refractivity contribution in [3.8, 4) is 0 Å². The van der Waals surface area contributed by atoms with Crippen LogP contribution in [-0.2, 0) is 13.6 Å². The highest BCUT2D eigenvalue weighted by molar-refractivity contribution is 6.77. The van der Waals surface area contributed by atoms with E-state index >= 15 is 0 Å². The van der Waals surface area contributed by atoms with Crippen molar-refractivity contribution in [2.45, 2.75) is 122 Å². The zero-order chi connectivity index (χ0) is 22.1. The first kappa shape index (κ1) is 26.3. The zero-order valence-electron chi connectivity index (χ0n) is 20.6. The van der Waals surface area contributed by atoms with Gasteiger partial charge in [0.2, 0.25) is 0 Å². The van der Waals surface area contributed by atoms with Crippen molar-refractivity contribution in [2.75, 3.05) is 13.2 Å². The molecule has 168 valence electrons. The van der Waals surface area contributed by atoms with Crippen LogP contribution >= 0.6 is 0 Å². The monoisotopic (exact) mass is 432 g/mol. The van der Waals surface area contributed by atoms with Crippen LogP contribution in [0.4, 0.5) is 0 Å². The summed E-state index contributed by atoms with van der Waals surface area (Å²) in [6, 6.07) is 0. The Kier molecular flexibility index (Phi) is 9.02. The molecule has 4 atom stereocenters. The van der Waals surface area contributed by atoms with Crippen LogP contribution in [-0.4, -0.2) is 53.3 Å². The number of epoxide rings is 1. The second-order valence-corrected chi connectivity index (χ2v) is 21.5. The van der Waals surface area contributed by atoms with E-state index in [1.54, 1.807) is 0 Å². The molecule has 1 heterocycles. The van der Waals surface area contributed by atoms with Gasteiger partial charge >= 0.3 is 0 Å². The lowest BCUT2D eigenvalue weighted by molar-refractivity contribution is 0.0158. The fraction of sp³-hybridized carbons (Fsp3) is 1.00. The average Bonchev–Trinajstić information content (AvgIpc) is 3.22. The molecule has 0 aromatic rings. The minimum Gasteiger partial charge on any atom is -0.416 e. The van der Waals surface area contributed by atoms with Gasteiger partial charge in [-0.15, -0.1) is 0 Å². The minimum absolute atomic E-state index is 0.0256. The number of aliphatic hydroxyl groups excluding tert-OH is 1. The van der Waals surface area contributed by atoms with Crippen molar-refractivity contribution in [2.24, 2.45) is 5.92 Å². The highest BCUT2D eigenvalue weighted by Crippen LogP contribution is 2.43. The third-order valence-corrected chi connectivity index (χ3v) is 17.9. The molecule has 1 rings (SSSR count). The van der Waals surface area contributed by atoms with Crippen molar-refractivity contribution in [3.05, 3.63) is 0 Å². The molecule has 1 aliphatic rings. The molecule has 0 aliphatic carbocycles. The van der Waals surface area contributed by atoms with Crippen LogP contribution < -0.4 is 0 Å². The summed E-state index contributed by atoms with van der Waals surface area (Å²) in [6.07, 6.45) is -0.274. The quantitative estimate of drug-likeness (QED) is 0.323. The van der Waals surface area contributed by atoms with Crippen LogP contribution in [0.15, 0.2) is 0 Å². The van der Waals surface area contributed by atoms with Gasteiger partial charge in [0.15, 0.2) is 16.6 Å². The third kappa shape index (κ3) is 5.91. The van der Waals surface area contributed by atoms with E-state index in [2.05, 4.69) is 82.3 Å². The number of aliphatic hydroxyl groups is 1. The maximum absolute atomic E-state index is 11.1. The van der Waals surface area contributed by atoms with E-state index in [0.29, 0.717) is 29.8 Å². The molecule has 1 N–H and O–H groups in total. The Morgan fingerprint density at radius 2 is 1.32 bits per heavy atom. The third-order valence-electron chi connectivity index (χ3n) is 7.33. The van der Waals surface area contributed by atoms with E-state index in [1.807, 2.05) is 0 Å². The van der Waals surface area contributed by atoms with Gasteiger partial charge in [0.05, 0.1) is 24.9 Å². The number of ether oxygens (including phenoxy) is 1. The normalized spacial score (nSPS) is 23.6. The molecule has 28 heavy (non-hydrogen) atoms. The second-order valence-electron chi connectivity index (χ2n) is 11.2. The van der Waals surface area contributed by atoms with Gasteiger partial charge in [0, 0.05) is 12.5 Å². The fourth-order valence-electron chi connectivity index (χ4n) is 4.45. The lowest BCUT2D eigenvalue weighted by atomic mass is 9.98. The van der Waals surface area contributed by atoms with Gasteiger partial charge < -0.3 is 18.7 Å². The molecule has 0 aromatic heterocycles. The van der Waals surface area contributed by atoms with E-state index in [1.165, 1.54) is 0 Å². The van der Waals surface area contributed by atoms with Gasteiger partial charge in [-0.2, -0.15) is 0 Å². The molecular weight excluding hydrogens is 384 g/mol. The Hall–Kier alpha value is 0.274. The van der Waals surface area contributed by atoms with Gasteiger partial charge in [0.25, 0.3) is 0 Å². The van der Waals surface area contributed by atoms with Gasteiger partial charge in [0.1, 0.15) is 0 Å². The molecule has 6 heteroatoms. The predicted octanol–water partition coefficient (Wildman–Crippen LogP) is 5.96. The molecule has 0 aromatic carbocycles. The lowest BCUT2D eigenvalue weighted by Crippen LogP contribution is -2.50. The van der Waals surface area contributed by atoms with E-state index in [4.69, 9.17) is 13.6 Å². The summed E-state index contributed by atoms with van der Waals surface area (Å²) >= 11 is 0. The van der Waals surface area contributed by atoms with Gasteiger partial charge in [-0.1, -0.05) is 62.3 Å². The molecule has 0 unspecified atom stereocenters. The maximum Gasteiger partial charge on any atom is 0.200 e. The summed E-state index contributed by atoms with van der Waals surface area (Å²) in [7, 11) is -3.86. The summed E-state index contributed by atoms with van der Waals surface area (Å²) in [5.74, 6) is -0.0256. The summed E-state index contributed by atoms with van der Waals surface area (Å²) in [5, 5.41) is 11.3. The number of hydrogen-bond donors (Lipinski definition) is 1. The Morgan fingerprint density at radius 1 is 0.893 bits per heavy atom. The van der Waals surface area contributed by atoms with Crippen LogP contribution in [0, 0.1) is 5.92 Å². The van der Waals surface area contributed by atoms with Crippen molar-refractivity contribution in [1.29, 1.82) is 0 Å². The Balaban J connectivity index is 2.87. The molecule has 0 saturated carbocycles. The number of hydrogen-bond acceptors (Lipinski definition) is 4. The molecule has 1 aliphatic heterocycles. The van der Waals surface area contributed by atoms with Crippen molar-refractivity contribution in [3.63, 3.8) is 0 Å². The van der Waals surface area contributed by atoms with E-state index in [0.717, 1.165) is 0 Å². The Labute approximate surface area is 177 Å². The topological polar surface area (TPSA) is 51.2 Å². The molecule has 4 nitrogen and oxygen atoms in total. The fourth-order valence-corrected chi connectivity index (χ4v) is 11.0. The minimum atomic E-state index is -1.99. The van der Waals surface area contributed by atoms with Gasteiger partial charge in [-0.05, 0) is 41.7 Å². The molecule has 0 bridgehead atoms. The summed E-state index contributed by atoms with van der Waals surface area (Å²) in [4.78, 5) is 0. The van der Waals surface area contributed by atoms with Crippen LogP contribution in [0.2, 0.25) is 34.8 Å². The van der Waals surface area contributed by atoms with Crippen molar-refractivity contribution >= 4 is 16.6 Å². The lowest BCUT2D eigenvalue weighted by Gasteiger charge is -2.43. The largest absolute Gasteiger partial charge is 0.416 e. The van der Waals surface area contributed by atoms with Gasteiger partial charge in [-0.3, -0.25) is 0 Å². The van der Waals surface area contributed by atoms with Gasteiger partial charge in [-0.25, -0.2) is 0 Å². The first-order valence-corrected chi connectivity index (χ1v) is 16.2. The summed E-state index contributed by atoms with van der Waals surface area (Å²) < 4.78 is 18.9. The van der Waals surface area contributed by atoms with E-state index < -0.39 is 22.7 Å². The first-order valence-electron chi connectivity index (χ1n) is 11.2. The Morgan fingerprint density at radius 3 is 1.64 bits per heavy atom. The highest BCUT2D eigenvalue weighted by atomic mass is 28.4. The average molecular weight is 433 g/mol. The Bertz CT molecular complexity index is 464. The van der Waals surface area contributed by atoms with Crippen LogP contribution in [0.3, 0.4) is 0 Å². The van der Waals surface area contributed by atoms with Crippen LogP contribution in [0.5, 0.6) is 0 Å². The number of rotatable bonds is 11. The highest BCUT2D eigenvalue weighted by Gasteiger charge is 2.49. The van der Waals surface area contributed by atoms with E-state index in [9.17, 15) is 5.11 Å². The standard InChI is InChI=1S/C22H48O4Si2/c1-15(2)28(16(3)4,17(5)6)25-14-20(23)19(21-18(7)26-21)13-24-27(11,12)22(8,9)10/h15-21,23H,13-14H2,1-12H3/t18-,19+,20+,21-/m1/s1. The summed E-state index contributed by atoms with van der Waals surface area (Å²) in [5.41, 5.74) is 1.54. The second kappa shape index (κ2) is 9.60. The maximum atomic E-state index is 11.1. The van der Waals surface area contributed by atoms with Crippen molar-refractivity contribution < 1.29 is 18.7 Å². The zero-order valence-corrected chi connectivity index (χ0v) is 22.6. The first-order chi connectivity index (χ1) is 12.6. The molecule has 0 radical (unpaired) electrons. The van der Waals surface area contributed by atoms with Crippen LogP contribution in [0.25, 0.3) is 0 Å². The molecule has 1 saturated heterocycles. The van der Waals surface area contributed by atoms with E-state index in [-0.39, 0.29) is 23.2 Å². The van der Waals surface area contributed by atoms with Crippen LogP contribution in [0.1, 0.15) is 69.2 Å². The smallest absolute Gasteiger partial charge is 0.200 e.